The van der Waals surface area contributed by atoms with Crippen molar-refractivity contribution in [3.8, 4) is 0 Å². The molecule has 0 saturated carbocycles. The van der Waals surface area contributed by atoms with Crippen molar-refractivity contribution in [2.45, 2.75) is 31.7 Å². The summed E-state index contributed by atoms with van der Waals surface area (Å²) >= 11 is 0. The highest BCUT2D eigenvalue weighted by Gasteiger charge is 2.25. The SMILES string of the molecule is NCC(=O)N1CCC/C1=C\C(=O)N[C@@H](CCC(=O)O)C(=O)O. The highest BCUT2D eigenvalue weighted by Crippen LogP contribution is 2.20. The molecule has 1 saturated heterocycles. The number of carbonyl (C=O) groups is 4. The van der Waals surface area contributed by atoms with Crippen molar-refractivity contribution >= 4 is 23.8 Å². The van der Waals surface area contributed by atoms with E-state index >= 15 is 0 Å². The van der Waals surface area contributed by atoms with Crippen molar-refractivity contribution in [2.75, 3.05) is 13.1 Å². The fourth-order valence-corrected chi connectivity index (χ4v) is 2.13. The Morgan fingerprint density at radius 1 is 1.32 bits per heavy atom. The van der Waals surface area contributed by atoms with Crippen LogP contribution in [0.15, 0.2) is 11.8 Å². The first kappa shape index (κ1) is 17.6. The van der Waals surface area contributed by atoms with E-state index < -0.39 is 23.9 Å². The maximum absolute atomic E-state index is 11.8. The van der Waals surface area contributed by atoms with Gasteiger partial charge in [-0.25, -0.2) is 4.79 Å². The quantitative estimate of drug-likeness (QED) is 0.435. The van der Waals surface area contributed by atoms with Crippen LogP contribution in [0.4, 0.5) is 0 Å². The van der Waals surface area contributed by atoms with Gasteiger partial charge in [0.2, 0.25) is 11.8 Å². The third kappa shape index (κ3) is 5.17. The van der Waals surface area contributed by atoms with Gasteiger partial charge in [0.15, 0.2) is 0 Å². The van der Waals surface area contributed by atoms with Crippen LogP contribution in [0, 0.1) is 0 Å². The molecular formula is C13H19N3O6. The van der Waals surface area contributed by atoms with Crippen molar-refractivity contribution in [1.82, 2.24) is 10.2 Å². The summed E-state index contributed by atoms with van der Waals surface area (Å²) in [6, 6.07) is -1.29. The Morgan fingerprint density at radius 2 is 2.00 bits per heavy atom. The van der Waals surface area contributed by atoms with Gasteiger partial charge in [-0.05, 0) is 19.3 Å². The Morgan fingerprint density at radius 3 is 2.55 bits per heavy atom. The number of hydrogen-bond donors (Lipinski definition) is 4. The predicted octanol–water partition coefficient (Wildman–Crippen LogP) is -1.11. The molecule has 0 spiro atoms. The van der Waals surface area contributed by atoms with Crippen LogP contribution in [-0.2, 0) is 19.2 Å². The molecule has 0 aliphatic carbocycles. The van der Waals surface area contributed by atoms with Gasteiger partial charge in [-0.3, -0.25) is 14.4 Å². The van der Waals surface area contributed by atoms with Crippen LogP contribution in [0.25, 0.3) is 0 Å². The number of carbonyl (C=O) groups excluding carboxylic acids is 2. The minimum absolute atomic E-state index is 0.171. The lowest BCUT2D eigenvalue weighted by Crippen LogP contribution is -2.41. The zero-order valence-electron chi connectivity index (χ0n) is 11.9. The summed E-state index contributed by atoms with van der Waals surface area (Å²) in [6.45, 7) is 0.297. The van der Waals surface area contributed by atoms with Crippen LogP contribution in [-0.4, -0.2) is 58.0 Å². The van der Waals surface area contributed by atoms with Gasteiger partial charge < -0.3 is 26.2 Å². The molecule has 1 atom stereocenters. The monoisotopic (exact) mass is 313 g/mol. The first-order valence-electron chi connectivity index (χ1n) is 6.81. The maximum atomic E-state index is 11.8. The largest absolute Gasteiger partial charge is 0.481 e. The zero-order valence-corrected chi connectivity index (χ0v) is 11.9. The Kier molecular flexibility index (Phi) is 6.51. The number of carboxylic acid groups (broad SMARTS) is 2. The highest BCUT2D eigenvalue weighted by atomic mass is 16.4. The topological polar surface area (TPSA) is 150 Å². The first-order valence-corrected chi connectivity index (χ1v) is 6.81. The Balaban J connectivity index is 2.69. The van der Waals surface area contributed by atoms with E-state index in [0.717, 1.165) is 6.08 Å². The minimum atomic E-state index is -1.31. The van der Waals surface area contributed by atoms with Crippen LogP contribution in [0.1, 0.15) is 25.7 Å². The molecule has 0 aromatic heterocycles. The number of aliphatic carboxylic acids is 2. The Labute approximate surface area is 126 Å². The molecule has 5 N–H and O–H groups in total. The third-order valence-corrected chi connectivity index (χ3v) is 3.20. The molecule has 0 radical (unpaired) electrons. The van der Waals surface area contributed by atoms with E-state index in [2.05, 4.69) is 5.32 Å². The standard InChI is InChI=1S/C13H19N3O6/c14-7-11(18)16-5-1-2-8(16)6-10(17)15-9(13(21)22)3-4-12(19)20/h6,9H,1-5,7,14H2,(H,15,17)(H,19,20)(H,21,22)/b8-6+/t9-/m0/s1. The number of allylic oxidation sites excluding steroid dienone is 1. The molecule has 1 fully saturated rings. The number of carboxylic acids is 2. The fraction of sp³-hybridized carbons (Fsp3) is 0.538. The number of amides is 2. The zero-order chi connectivity index (χ0) is 16.7. The number of nitrogens with one attached hydrogen (secondary N) is 1. The summed E-state index contributed by atoms with van der Waals surface area (Å²) in [4.78, 5) is 46.3. The van der Waals surface area contributed by atoms with E-state index in [1.807, 2.05) is 0 Å². The lowest BCUT2D eigenvalue weighted by molar-refractivity contribution is -0.142. The predicted molar refractivity (Wildman–Crippen MR) is 74.5 cm³/mol. The molecule has 22 heavy (non-hydrogen) atoms. The number of nitrogens with two attached hydrogens (primary N) is 1. The summed E-state index contributed by atoms with van der Waals surface area (Å²) in [5.41, 5.74) is 5.76. The average molecular weight is 313 g/mol. The van der Waals surface area contributed by atoms with Gasteiger partial charge in [-0.1, -0.05) is 0 Å². The summed E-state index contributed by atoms with van der Waals surface area (Å²) in [5, 5.41) is 19.8. The molecule has 0 unspecified atom stereocenters. The molecular weight excluding hydrogens is 294 g/mol. The van der Waals surface area contributed by atoms with Crippen molar-refractivity contribution in [1.29, 1.82) is 0 Å². The minimum Gasteiger partial charge on any atom is -0.481 e. The van der Waals surface area contributed by atoms with Gasteiger partial charge in [-0.2, -0.15) is 0 Å². The van der Waals surface area contributed by atoms with E-state index in [-0.39, 0.29) is 25.3 Å². The molecule has 9 nitrogen and oxygen atoms in total. The second-order valence-electron chi connectivity index (χ2n) is 4.82. The second-order valence-corrected chi connectivity index (χ2v) is 4.82. The van der Waals surface area contributed by atoms with Crippen molar-refractivity contribution in [3.05, 3.63) is 11.8 Å². The Hall–Kier alpha value is -2.42. The molecule has 1 rings (SSSR count). The molecule has 9 heteroatoms. The van der Waals surface area contributed by atoms with Gasteiger partial charge in [0.05, 0.1) is 6.54 Å². The van der Waals surface area contributed by atoms with Crippen LogP contribution in [0.3, 0.4) is 0 Å². The molecule has 0 bridgehead atoms. The van der Waals surface area contributed by atoms with Gasteiger partial charge in [0.1, 0.15) is 6.04 Å². The van der Waals surface area contributed by atoms with E-state index in [1.54, 1.807) is 0 Å². The van der Waals surface area contributed by atoms with Crippen LogP contribution in [0.5, 0.6) is 0 Å². The van der Waals surface area contributed by atoms with Crippen LogP contribution in [0.2, 0.25) is 0 Å². The van der Waals surface area contributed by atoms with Crippen LogP contribution < -0.4 is 11.1 Å². The molecule has 1 heterocycles. The third-order valence-electron chi connectivity index (χ3n) is 3.20. The van der Waals surface area contributed by atoms with Gasteiger partial charge in [0.25, 0.3) is 0 Å². The Bertz CT molecular complexity index is 502. The molecule has 2 amide bonds. The van der Waals surface area contributed by atoms with Crippen molar-refractivity contribution < 1.29 is 29.4 Å². The summed E-state index contributed by atoms with van der Waals surface area (Å²) in [5.74, 6) is -3.44. The van der Waals surface area contributed by atoms with Gasteiger partial charge in [0, 0.05) is 24.7 Å². The van der Waals surface area contributed by atoms with Crippen LogP contribution >= 0.6 is 0 Å². The highest BCUT2D eigenvalue weighted by molar-refractivity contribution is 5.92. The number of nitrogens with zero attached hydrogens (tertiary/aromatic N) is 1. The summed E-state index contributed by atoms with van der Waals surface area (Å²) in [6.07, 6.45) is 1.80. The maximum Gasteiger partial charge on any atom is 0.326 e. The normalized spacial score (nSPS) is 17.3. The van der Waals surface area contributed by atoms with Gasteiger partial charge >= 0.3 is 11.9 Å². The number of hydrogen-bond acceptors (Lipinski definition) is 5. The number of rotatable bonds is 7. The lowest BCUT2D eigenvalue weighted by atomic mass is 10.1. The molecule has 1 aliphatic rings. The van der Waals surface area contributed by atoms with Gasteiger partial charge in [-0.15, -0.1) is 0 Å². The van der Waals surface area contributed by atoms with E-state index in [1.165, 1.54) is 4.90 Å². The fourth-order valence-electron chi connectivity index (χ4n) is 2.13. The average Bonchev–Trinajstić information content (AvgIpc) is 2.90. The second kappa shape index (κ2) is 8.13. The molecule has 122 valence electrons. The lowest BCUT2D eigenvalue weighted by Gasteiger charge is -2.17. The summed E-state index contributed by atoms with van der Waals surface area (Å²) < 4.78 is 0. The van der Waals surface area contributed by atoms with E-state index in [4.69, 9.17) is 15.9 Å². The molecule has 0 aromatic rings. The summed E-state index contributed by atoms with van der Waals surface area (Å²) in [7, 11) is 0. The van der Waals surface area contributed by atoms with Crippen molar-refractivity contribution in [3.63, 3.8) is 0 Å². The molecule has 1 aliphatic heterocycles. The van der Waals surface area contributed by atoms with E-state index in [0.29, 0.717) is 25.1 Å². The smallest absolute Gasteiger partial charge is 0.326 e. The van der Waals surface area contributed by atoms with E-state index in [9.17, 15) is 19.2 Å². The molecule has 0 aromatic carbocycles. The first-order chi connectivity index (χ1) is 10.3. The number of likely N-dealkylation sites (tertiary alicyclic amines) is 1. The van der Waals surface area contributed by atoms with Crippen molar-refractivity contribution in [2.24, 2.45) is 5.73 Å².